The molecule has 2 aromatic rings. The smallest absolute Gasteiger partial charge is 0.241 e. The maximum Gasteiger partial charge on any atom is 0.241 e. The largest absolute Gasteiger partial charge is 0.486 e. The molecule has 0 aromatic heterocycles. The lowest BCUT2D eigenvalue weighted by atomic mass is 10.1. The van der Waals surface area contributed by atoms with Gasteiger partial charge in [0.2, 0.25) is 21.8 Å². The van der Waals surface area contributed by atoms with Crippen LogP contribution < -0.4 is 24.8 Å². The van der Waals surface area contributed by atoms with Crippen molar-refractivity contribution >= 4 is 33.4 Å². The van der Waals surface area contributed by atoms with Crippen molar-refractivity contribution in [1.29, 1.82) is 0 Å². The van der Waals surface area contributed by atoms with Crippen LogP contribution in [0.25, 0.3) is 0 Å². The first-order valence-corrected chi connectivity index (χ1v) is 11.8. The van der Waals surface area contributed by atoms with Crippen molar-refractivity contribution in [2.75, 3.05) is 32.8 Å². The fourth-order valence-corrected chi connectivity index (χ4v) is 4.19. The summed E-state index contributed by atoms with van der Waals surface area (Å²) in [6.07, 6.45) is 0.506. The fraction of sp³-hybridized carbons (Fsp3) is 0.333. The van der Waals surface area contributed by atoms with E-state index in [1.165, 1.54) is 12.1 Å². The molecule has 1 aliphatic heterocycles. The molecule has 9 nitrogen and oxygen atoms in total. The van der Waals surface area contributed by atoms with E-state index in [-0.39, 0.29) is 11.4 Å². The molecule has 0 saturated heterocycles. The summed E-state index contributed by atoms with van der Waals surface area (Å²) in [5.74, 6) is 0.0784. The highest BCUT2D eigenvalue weighted by molar-refractivity contribution is 7.89. The van der Waals surface area contributed by atoms with Crippen LogP contribution in [0.2, 0.25) is 5.02 Å². The number of fused-ring (bicyclic) bond motifs is 1. The molecule has 0 saturated carbocycles. The third kappa shape index (κ3) is 6.59. The molecule has 0 radical (unpaired) electrons. The average molecular weight is 482 g/mol. The highest BCUT2D eigenvalue weighted by atomic mass is 35.5. The summed E-state index contributed by atoms with van der Waals surface area (Å²) in [6, 6.07) is 9.81. The van der Waals surface area contributed by atoms with Crippen molar-refractivity contribution in [2.24, 2.45) is 0 Å². The zero-order valence-corrected chi connectivity index (χ0v) is 19.0. The van der Waals surface area contributed by atoms with E-state index in [1.807, 2.05) is 13.0 Å². The normalized spacial score (nSPS) is 12.8. The minimum atomic E-state index is -3.81. The monoisotopic (exact) mass is 481 g/mol. The molecule has 0 bridgehead atoms. The van der Waals surface area contributed by atoms with E-state index >= 15 is 0 Å². The van der Waals surface area contributed by atoms with Gasteiger partial charge >= 0.3 is 0 Å². The molecule has 0 aliphatic carbocycles. The van der Waals surface area contributed by atoms with Crippen LogP contribution in [0.4, 0.5) is 0 Å². The first kappa shape index (κ1) is 23.8. The van der Waals surface area contributed by atoms with Gasteiger partial charge in [0.1, 0.15) is 13.2 Å². The molecular weight excluding hydrogens is 458 g/mol. The molecule has 32 heavy (non-hydrogen) atoms. The number of carbonyl (C=O) groups excluding carboxylic acids is 2. The van der Waals surface area contributed by atoms with E-state index in [4.69, 9.17) is 21.1 Å². The maximum atomic E-state index is 12.2. The predicted octanol–water partition coefficient (Wildman–Crippen LogP) is 1.17. The van der Waals surface area contributed by atoms with E-state index in [0.29, 0.717) is 42.7 Å². The fourth-order valence-electron chi connectivity index (χ4n) is 2.92. The minimum Gasteiger partial charge on any atom is -0.486 e. The number of aryl methyl sites for hydroxylation is 1. The van der Waals surface area contributed by atoms with E-state index in [1.54, 1.807) is 18.2 Å². The van der Waals surface area contributed by atoms with Crippen molar-refractivity contribution in [1.82, 2.24) is 15.4 Å². The Labute approximate surface area is 191 Å². The Kier molecular flexibility index (Phi) is 7.94. The number of nitrogens with one attached hydrogen (secondary N) is 3. The molecule has 3 N–H and O–H groups in total. The lowest BCUT2D eigenvalue weighted by Crippen LogP contribution is -2.42. The summed E-state index contributed by atoms with van der Waals surface area (Å²) >= 11 is 6.19. The molecule has 0 fully saturated rings. The van der Waals surface area contributed by atoms with E-state index in [2.05, 4.69) is 15.4 Å². The number of ether oxygens (including phenoxy) is 2. The second-order valence-corrected chi connectivity index (χ2v) is 9.29. The number of amides is 2. The van der Waals surface area contributed by atoms with Gasteiger partial charge in [0.05, 0.1) is 23.0 Å². The maximum absolute atomic E-state index is 12.2. The molecule has 172 valence electrons. The van der Waals surface area contributed by atoms with E-state index < -0.39 is 28.4 Å². The number of rotatable bonds is 9. The van der Waals surface area contributed by atoms with Gasteiger partial charge in [0.25, 0.3) is 0 Å². The number of halogens is 1. The van der Waals surface area contributed by atoms with Crippen molar-refractivity contribution in [3.05, 3.63) is 52.5 Å². The van der Waals surface area contributed by atoms with Crippen molar-refractivity contribution in [3.8, 4) is 11.5 Å². The molecule has 11 heteroatoms. The highest BCUT2D eigenvalue weighted by Crippen LogP contribution is 2.38. The summed E-state index contributed by atoms with van der Waals surface area (Å²) in [6.45, 7) is 2.32. The van der Waals surface area contributed by atoms with Gasteiger partial charge in [-0.2, -0.15) is 0 Å². The van der Waals surface area contributed by atoms with Crippen LogP contribution in [0.1, 0.15) is 11.1 Å². The first-order valence-electron chi connectivity index (χ1n) is 9.92. The number of benzene rings is 2. The van der Waals surface area contributed by atoms with Crippen LogP contribution in [0.15, 0.2) is 41.3 Å². The topological polar surface area (TPSA) is 123 Å². The zero-order valence-electron chi connectivity index (χ0n) is 17.4. The lowest BCUT2D eigenvalue weighted by Gasteiger charge is -2.20. The Balaban J connectivity index is 1.38. The van der Waals surface area contributed by atoms with Gasteiger partial charge in [-0.15, -0.1) is 0 Å². The highest BCUT2D eigenvalue weighted by Gasteiger charge is 2.17. The SMILES string of the molecule is Cc1ccc(S(=O)(=O)NCC(=O)NCC(=O)NCCc2cc(Cl)c3c(c2)OCCO3)cc1. The van der Waals surface area contributed by atoms with Gasteiger partial charge < -0.3 is 20.1 Å². The summed E-state index contributed by atoms with van der Waals surface area (Å²) in [4.78, 5) is 23.9. The van der Waals surface area contributed by atoms with Crippen LogP contribution in [-0.2, 0) is 26.0 Å². The Morgan fingerprint density at radius 3 is 2.44 bits per heavy atom. The summed E-state index contributed by atoms with van der Waals surface area (Å²) in [5.41, 5.74) is 1.79. The average Bonchev–Trinajstić information content (AvgIpc) is 2.77. The van der Waals surface area contributed by atoms with Crippen LogP contribution in [-0.4, -0.2) is 53.1 Å². The van der Waals surface area contributed by atoms with Crippen LogP contribution >= 0.6 is 11.6 Å². The van der Waals surface area contributed by atoms with Crippen molar-refractivity contribution in [3.63, 3.8) is 0 Å². The van der Waals surface area contributed by atoms with Gasteiger partial charge in [-0.05, 0) is 43.2 Å². The second-order valence-electron chi connectivity index (χ2n) is 7.12. The first-order chi connectivity index (χ1) is 15.2. The standard InChI is InChI=1S/C21H24ClN3O6S/c1-14-2-4-16(5-3-14)32(28,29)25-13-20(27)24-12-19(26)23-7-6-15-10-17(22)21-18(11-15)30-8-9-31-21/h2-5,10-11,25H,6-9,12-13H2,1H3,(H,23,26)(H,24,27). The summed E-state index contributed by atoms with van der Waals surface area (Å²) < 4.78 is 37.6. The van der Waals surface area contributed by atoms with Crippen LogP contribution in [0.3, 0.4) is 0 Å². The number of sulfonamides is 1. The summed E-state index contributed by atoms with van der Waals surface area (Å²) in [7, 11) is -3.81. The molecule has 1 aliphatic rings. The molecule has 2 aromatic carbocycles. The molecule has 3 rings (SSSR count). The lowest BCUT2D eigenvalue weighted by molar-refractivity contribution is -0.125. The molecule has 0 atom stereocenters. The summed E-state index contributed by atoms with van der Waals surface area (Å²) in [5, 5.41) is 5.51. The molecule has 0 unspecified atom stereocenters. The molecule has 2 amide bonds. The predicted molar refractivity (Wildman–Crippen MR) is 119 cm³/mol. The van der Waals surface area contributed by atoms with Gasteiger partial charge in [0, 0.05) is 6.54 Å². The van der Waals surface area contributed by atoms with Gasteiger partial charge in [-0.1, -0.05) is 29.3 Å². The number of hydrogen-bond donors (Lipinski definition) is 3. The van der Waals surface area contributed by atoms with Gasteiger partial charge in [-0.3, -0.25) is 9.59 Å². The molecular formula is C21H24ClN3O6S. The van der Waals surface area contributed by atoms with E-state index in [9.17, 15) is 18.0 Å². The third-order valence-corrected chi connectivity index (χ3v) is 6.29. The van der Waals surface area contributed by atoms with Crippen LogP contribution in [0.5, 0.6) is 11.5 Å². The quantitative estimate of drug-likeness (QED) is 0.494. The molecule has 1 heterocycles. The third-order valence-electron chi connectivity index (χ3n) is 4.59. The Hall–Kier alpha value is -2.82. The number of carbonyl (C=O) groups is 2. The zero-order chi connectivity index (χ0) is 23.1. The Morgan fingerprint density at radius 1 is 1.00 bits per heavy atom. The van der Waals surface area contributed by atoms with Crippen LogP contribution in [0, 0.1) is 6.92 Å². The van der Waals surface area contributed by atoms with Gasteiger partial charge in [-0.25, -0.2) is 13.1 Å². The van der Waals surface area contributed by atoms with Crippen molar-refractivity contribution < 1.29 is 27.5 Å². The minimum absolute atomic E-state index is 0.0629. The Morgan fingerprint density at radius 2 is 1.69 bits per heavy atom. The van der Waals surface area contributed by atoms with E-state index in [0.717, 1.165) is 11.1 Å². The Bertz CT molecular complexity index is 1090. The second kappa shape index (κ2) is 10.7. The molecule has 0 spiro atoms. The van der Waals surface area contributed by atoms with Crippen molar-refractivity contribution in [2.45, 2.75) is 18.2 Å². The van der Waals surface area contributed by atoms with Gasteiger partial charge in [0.15, 0.2) is 11.5 Å². The number of hydrogen-bond acceptors (Lipinski definition) is 6.